The van der Waals surface area contributed by atoms with Gasteiger partial charge in [0, 0.05) is 34.9 Å². The molecule has 1 aromatic carbocycles. The molecule has 2 N–H and O–H groups in total. The minimum atomic E-state index is 0.596. The monoisotopic (exact) mass is 260 g/mol. The van der Waals surface area contributed by atoms with Crippen LogP contribution in [0.3, 0.4) is 0 Å². The van der Waals surface area contributed by atoms with Crippen LogP contribution in [-0.2, 0) is 6.42 Å². The lowest BCUT2D eigenvalue weighted by Crippen LogP contribution is -2.47. The van der Waals surface area contributed by atoms with Gasteiger partial charge in [-0.05, 0) is 42.5 Å². The van der Waals surface area contributed by atoms with Crippen molar-refractivity contribution in [2.24, 2.45) is 5.92 Å². The number of H-pyrrole nitrogens is 1. The number of fused-ring (bicyclic) bond motifs is 2. The van der Waals surface area contributed by atoms with Gasteiger partial charge < -0.3 is 10.3 Å². The molecule has 0 radical (unpaired) electrons. The van der Waals surface area contributed by atoms with Gasteiger partial charge in [0.05, 0.1) is 0 Å². The van der Waals surface area contributed by atoms with Gasteiger partial charge in [-0.25, -0.2) is 0 Å². The third-order valence-electron chi connectivity index (χ3n) is 4.62. The molecule has 2 heterocycles. The maximum atomic E-state index is 6.05. The van der Waals surface area contributed by atoms with E-state index in [-0.39, 0.29) is 0 Å². The van der Waals surface area contributed by atoms with Gasteiger partial charge >= 0.3 is 0 Å². The fourth-order valence-electron chi connectivity index (χ4n) is 3.74. The Labute approximate surface area is 112 Å². The Hall–Kier alpha value is -0.990. The molecule has 2 aliphatic rings. The summed E-state index contributed by atoms with van der Waals surface area (Å²) < 4.78 is 0. The predicted octanol–water partition coefficient (Wildman–Crippen LogP) is 3.02. The third-order valence-corrected chi connectivity index (χ3v) is 5.06. The molecular weight excluding hydrogens is 244 g/mol. The van der Waals surface area contributed by atoms with E-state index in [1.54, 1.807) is 0 Å². The van der Waals surface area contributed by atoms with Crippen molar-refractivity contribution in [3.8, 4) is 0 Å². The number of aromatic nitrogens is 1. The second kappa shape index (κ2) is 4.01. The highest BCUT2D eigenvalue weighted by Crippen LogP contribution is 2.41. The predicted molar refractivity (Wildman–Crippen MR) is 75.4 cm³/mol. The summed E-state index contributed by atoms with van der Waals surface area (Å²) in [5, 5.41) is 5.17. The lowest BCUT2D eigenvalue weighted by atomic mass is 9.74. The van der Waals surface area contributed by atoms with Gasteiger partial charge in [-0.2, -0.15) is 0 Å². The minimum Gasteiger partial charge on any atom is -0.361 e. The Morgan fingerprint density at radius 2 is 2.28 bits per heavy atom. The first-order chi connectivity index (χ1) is 8.86. The van der Waals surface area contributed by atoms with E-state index in [0.717, 1.165) is 18.8 Å². The van der Waals surface area contributed by atoms with Crippen LogP contribution in [0.15, 0.2) is 24.4 Å². The molecule has 1 aromatic heterocycles. The first-order valence-electron chi connectivity index (χ1n) is 6.75. The van der Waals surface area contributed by atoms with Crippen LogP contribution in [0, 0.1) is 5.92 Å². The first-order valence-corrected chi connectivity index (χ1v) is 7.28. The van der Waals surface area contributed by atoms with Crippen molar-refractivity contribution in [3.05, 3.63) is 35.5 Å². The van der Waals surface area contributed by atoms with E-state index in [4.69, 9.17) is 11.6 Å². The van der Waals surface area contributed by atoms with Crippen LogP contribution in [0.1, 0.15) is 23.5 Å². The van der Waals surface area contributed by atoms with E-state index in [1.807, 2.05) is 0 Å². The number of hydrogen-bond donors (Lipinski definition) is 2. The van der Waals surface area contributed by atoms with Crippen molar-refractivity contribution in [3.63, 3.8) is 0 Å². The second-order valence-corrected chi connectivity index (χ2v) is 5.97. The maximum Gasteiger partial charge on any atom is 0.0459 e. The zero-order valence-electron chi connectivity index (χ0n) is 10.2. The van der Waals surface area contributed by atoms with Gasteiger partial charge in [-0.15, -0.1) is 11.6 Å². The molecule has 2 unspecified atom stereocenters. The van der Waals surface area contributed by atoms with Crippen LogP contribution in [0.2, 0.25) is 0 Å². The highest BCUT2D eigenvalue weighted by atomic mass is 35.5. The summed E-state index contributed by atoms with van der Waals surface area (Å²) >= 11 is 6.05. The van der Waals surface area contributed by atoms with Crippen LogP contribution in [0.25, 0.3) is 10.9 Å². The standard InChI is InChI=1S/C15H17ClN2/c16-6-9-4-12-11-2-1-3-13-15(11)10(8-18-13)5-14(12)17-7-9/h1-3,8-9,12,14,17-18H,4-7H2/t9?,12?,14-/m1/s1. The molecule has 0 spiro atoms. The average Bonchev–Trinajstić information content (AvgIpc) is 2.83. The lowest BCUT2D eigenvalue weighted by Gasteiger charge is -2.39. The van der Waals surface area contributed by atoms with Crippen LogP contribution < -0.4 is 5.32 Å². The molecule has 18 heavy (non-hydrogen) atoms. The minimum absolute atomic E-state index is 0.596. The van der Waals surface area contributed by atoms with Crippen LogP contribution >= 0.6 is 11.6 Å². The summed E-state index contributed by atoms with van der Waals surface area (Å²) in [4.78, 5) is 3.40. The number of aromatic amines is 1. The molecule has 1 aliphatic carbocycles. The fraction of sp³-hybridized carbons (Fsp3) is 0.467. The van der Waals surface area contributed by atoms with Crippen LogP contribution in [-0.4, -0.2) is 23.5 Å². The van der Waals surface area contributed by atoms with Crippen molar-refractivity contribution in [2.45, 2.75) is 24.8 Å². The topological polar surface area (TPSA) is 27.8 Å². The number of benzene rings is 1. The Morgan fingerprint density at radius 1 is 1.33 bits per heavy atom. The van der Waals surface area contributed by atoms with Crippen molar-refractivity contribution in [1.29, 1.82) is 0 Å². The molecule has 1 fully saturated rings. The molecule has 3 atom stereocenters. The summed E-state index contributed by atoms with van der Waals surface area (Å²) in [6, 6.07) is 7.25. The Bertz CT molecular complexity index is 589. The molecule has 1 saturated heterocycles. The van der Waals surface area contributed by atoms with Gasteiger partial charge in [-0.1, -0.05) is 12.1 Å². The van der Waals surface area contributed by atoms with E-state index in [2.05, 4.69) is 34.7 Å². The molecule has 0 saturated carbocycles. The van der Waals surface area contributed by atoms with Crippen molar-refractivity contribution in [1.82, 2.24) is 10.3 Å². The fourth-order valence-corrected chi connectivity index (χ4v) is 3.97. The van der Waals surface area contributed by atoms with E-state index >= 15 is 0 Å². The number of alkyl halides is 1. The largest absolute Gasteiger partial charge is 0.361 e. The quantitative estimate of drug-likeness (QED) is 0.758. The van der Waals surface area contributed by atoms with E-state index in [9.17, 15) is 0 Å². The maximum absolute atomic E-state index is 6.05. The van der Waals surface area contributed by atoms with Gasteiger partial charge in [0.1, 0.15) is 0 Å². The van der Waals surface area contributed by atoms with Gasteiger partial charge in [0.15, 0.2) is 0 Å². The summed E-state index contributed by atoms with van der Waals surface area (Å²) in [6.07, 6.45) is 4.56. The summed E-state index contributed by atoms with van der Waals surface area (Å²) in [5.41, 5.74) is 4.27. The smallest absolute Gasteiger partial charge is 0.0459 e. The first kappa shape index (κ1) is 10.9. The van der Waals surface area contributed by atoms with E-state index in [1.165, 1.54) is 28.5 Å². The van der Waals surface area contributed by atoms with E-state index in [0.29, 0.717) is 17.9 Å². The van der Waals surface area contributed by atoms with E-state index < -0.39 is 0 Å². The zero-order chi connectivity index (χ0) is 12.1. The highest BCUT2D eigenvalue weighted by molar-refractivity contribution is 6.18. The summed E-state index contributed by atoms with van der Waals surface area (Å²) in [7, 11) is 0. The SMILES string of the molecule is ClCC1CN[C@@H]2Cc3c[nH]c4cccc(c34)C2C1. The van der Waals surface area contributed by atoms with Crippen molar-refractivity contribution in [2.75, 3.05) is 12.4 Å². The second-order valence-electron chi connectivity index (χ2n) is 5.67. The number of hydrogen-bond acceptors (Lipinski definition) is 1. The molecule has 2 nitrogen and oxygen atoms in total. The number of piperidine rings is 1. The Balaban J connectivity index is 1.85. The number of nitrogens with one attached hydrogen (secondary N) is 2. The molecule has 0 amide bonds. The van der Waals surface area contributed by atoms with Crippen molar-refractivity contribution >= 4 is 22.5 Å². The van der Waals surface area contributed by atoms with Crippen molar-refractivity contribution < 1.29 is 0 Å². The Morgan fingerprint density at radius 3 is 3.17 bits per heavy atom. The number of halogens is 1. The normalized spacial score (nSPS) is 30.4. The Kier molecular flexibility index (Phi) is 2.42. The number of rotatable bonds is 1. The van der Waals surface area contributed by atoms with Gasteiger partial charge in [0.2, 0.25) is 0 Å². The summed E-state index contributed by atoms with van der Waals surface area (Å²) in [6.45, 7) is 1.07. The zero-order valence-corrected chi connectivity index (χ0v) is 11.0. The molecule has 1 aliphatic heterocycles. The van der Waals surface area contributed by atoms with Crippen LogP contribution in [0.5, 0.6) is 0 Å². The third kappa shape index (κ3) is 1.45. The lowest BCUT2D eigenvalue weighted by molar-refractivity contribution is 0.285. The molecular formula is C15H17ClN2. The van der Waals surface area contributed by atoms with Gasteiger partial charge in [-0.3, -0.25) is 0 Å². The highest BCUT2D eigenvalue weighted by Gasteiger charge is 2.35. The molecule has 3 heteroatoms. The molecule has 2 aromatic rings. The van der Waals surface area contributed by atoms with Gasteiger partial charge in [0.25, 0.3) is 0 Å². The molecule has 94 valence electrons. The molecule has 0 bridgehead atoms. The average molecular weight is 261 g/mol. The molecule has 4 rings (SSSR count). The summed E-state index contributed by atoms with van der Waals surface area (Å²) in [5.74, 6) is 2.02. The van der Waals surface area contributed by atoms with Crippen LogP contribution in [0.4, 0.5) is 0 Å².